The van der Waals surface area contributed by atoms with Gasteiger partial charge in [0.25, 0.3) is 0 Å². The first-order valence-corrected chi connectivity index (χ1v) is 3.76. The van der Waals surface area contributed by atoms with Crippen LogP contribution in [0.15, 0.2) is 24.3 Å². The van der Waals surface area contributed by atoms with Crippen LogP contribution in [-0.4, -0.2) is 6.41 Å². The van der Waals surface area contributed by atoms with Gasteiger partial charge in [0.1, 0.15) is 0 Å². The van der Waals surface area contributed by atoms with E-state index in [1.54, 1.807) is 12.1 Å². The molecule has 1 amide bonds. The molecule has 0 atom stereocenters. The van der Waals surface area contributed by atoms with Crippen molar-refractivity contribution in [3.05, 3.63) is 34.9 Å². The largest absolute Gasteiger partial charge is 0.277 e. The molecular weight excluding hydrogens is 178 g/mol. The quantitative estimate of drug-likeness (QED) is 0.439. The monoisotopic (exact) mass is 185 g/mol. The summed E-state index contributed by atoms with van der Waals surface area (Å²) in [7, 11) is 0. The molecule has 12 heavy (non-hydrogen) atoms. The van der Waals surface area contributed by atoms with E-state index in [4.69, 9.17) is 16.4 Å². The molecule has 3 nitrogen and oxygen atoms in total. The van der Waals surface area contributed by atoms with E-state index < -0.39 is 0 Å². The molecule has 0 aliphatic rings. The number of carbonyl (C=O) groups is 1. The average Bonchev–Trinajstić information content (AvgIpc) is 2.09. The van der Waals surface area contributed by atoms with Gasteiger partial charge in [-0.15, -0.1) is 0 Å². The number of carbonyl (C=O) groups excluding carboxylic acids is 1. The number of nitrogens with one attached hydrogen (secondary N) is 1. The molecule has 0 spiro atoms. The standard InChI is InChI=1S/C8H8ClNO2/c9-8-3-1-7(2-4-8)5-12-10-6-11/h1-4,6H,5H2,(H,10,11). The molecule has 0 bridgehead atoms. The molecule has 0 fully saturated rings. The maximum atomic E-state index is 9.79. The molecule has 1 rings (SSSR count). The fourth-order valence-electron chi connectivity index (χ4n) is 0.740. The van der Waals surface area contributed by atoms with Gasteiger partial charge in [0.15, 0.2) is 0 Å². The second-order valence-corrected chi connectivity index (χ2v) is 2.59. The Hall–Kier alpha value is -1.06. The van der Waals surface area contributed by atoms with Gasteiger partial charge >= 0.3 is 0 Å². The first-order chi connectivity index (χ1) is 5.83. The lowest BCUT2D eigenvalue weighted by atomic mass is 10.2. The number of hydrogen-bond acceptors (Lipinski definition) is 2. The van der Waals surface area contributed by atoms with Crippen LogP contribution in [-0.2, 0) is 16.2 Å². The number of halogens is 1. The lowest BCUT2D eigenvalue weighted by Crippen LogP contribution is -2.10. The van der Waals surface area contributed by atoms with E-state index in [1.165, 1.54) is 0 Å². The molecule has 0 unspecified atom stereocenters. The maximum absolute atomic E-state index is 9.79. The molecule has 1 aromatic carbocycles. The van der Waals surface area contributed by atoms with Gasteiger partial charge in [-0.05, 0) is 17.7 Å². The molecule has 0 saturated heterocycles. The van der Waals surface area contributed by atoms with E-state index in [0.717, 1.165) is 5.56 Å². The van der Waals surface area contributed by atoms with Crippen molar-refractivity contribution in [2.24, 2.45) is 0 Å². The Balaban J connectivity index is 2.42. The van der Waals surface area contributed by atoms with Crippen LogP contribution < -0.4 is 5.48 Å². The minimum atomic E-state index is 0.343. The number of benzene rings is 1. The third-order valence-corrected chi connectivity index (χ3v) is 1.54. The lowest BCUT2D eigenvalue weighted by Gasteiger charge is -2.00. The minimum absolute atomic E-state index is 0.343. The normalized spacial score (nSPS) is 9.42. The van der Waals surface area contributed by atoms with E-state index in [-0.39, 0.29) is 0 Å². The summed E-state index contributed by atoms with van der Waals surface area (Å²) in [6.45, 7) is 0.343. The number of hydroxylamine groups is 1. The van der Waals surface area contributed by atoms with E-state index in [0.29, 0.717) is 18.0 Å². The van der Waals surface area contributed by atoms with Crippen molar-refractivity contribution in [2.45, 2.75) is 6.61 Å². The topological polar surface area (TPSA) is 38.3 Å². The van der Waals surface area contributed by atoms with Crippen LogP contribution >= 0.6 is 11.6 Å². The Bertz CT molecular complexity index is 248. The van der Waals surface area contributed by atoms with Gasteiger partial charge in [0.2, 0.25) is 6.41 Å². The molecule has 1 aromatic rings. The van der Waals surface area contributed by atoms with Crippen molar-refractivity contribution in [1.82, 2.24) is 5.48 Å². The highest BCUT2D eigenvalue weighted by Gasteiger charge is 1.91. The smallest absolute Gasteiger partial charge is 0.230 e. The summed E-state index contributed by atoms with van der Waals surface area (Å²) in [5.41, 5.74) is 3.05. The van der Waals surface area contributed by atoms with Gasteiger partial charge in [0.05, 0.1) is 6.61 Å². The maximum Gasteiger partial charge on any atom is 0.230 e. The zero-order valence-electron chi connectivity index (χ0n) is 6.29. The summed E-state index contributed by atoms with van der Waals surface area (Å²) < 4.78 is 0. The molecule has 0 radical (unpaired) electrons. The van der Waals surface area contributed by atoms with Crippen LogP contribution in [0, 0.1) is 0 Å². The fourth-order valence-corrected chi connectivity index (χ4v) is 0.866. The van der Waals surface area contributed by atoms with Gasteiger partial charge in [-0.3, -0.25) is 9.63 Å². The highest BCUT2D eigenvalue weighted by molar-refractivity contribution is 6.30. The van der Waals surface area contributed by atoms with Crippen LogP contribution in [0.3, 0.4) is 0 Å². The van der Waals surface area contributed by atoms with Crippen molar-refractivity contribution in [3.63, 3.8) is 0 Å². The van der Waals surface area contributed by atoms with E-state index in [9.17, 15) is 4.79 Å². The van der Waals surface area contributed by atoms with Crippen molar-refractivity contribution in [2.75, 3.05) is 0 Å². The lowest BCUT2D eigenvalue weighted by molar-refractivity contribution is -0.121. The predicted octanol–water partition coefficient (Wildman–Crippen LogP) is 1.52. The Labute approximate surface area is 75.2 Å². The zero-order valence-corrected chi connectivity index (χ0v) is 7.04. The number of rotatable bonds is 4. The van der Waals surface area contributed by atoms with E-state index in [1.807, 2.05) is 12.1 Å². The molecular formula is C8H8ClNO2. The van der Waals surface area contributed by atoms with Gasteiger partial charge in [-0.2, -0.15) is 0 Å². The van der Waals surface area contributed by atoms with Crippen molar-refractivity contribution < 1.29 is 9.63 Å². The molecule has 0 saturated carbocycles. The Morgan fingerprint density at radius 2 is 2.08 bits per heavy atom. The highest BCUT2D eigenvalue weighted by Crippen LogP contribution is 2.09. The SMILES string of the molecule is O=CNOCc1ccc(Cl)cc1. The molecule has 0 heterocycles. The zero-order chi connectivity index (χ0) is 8.81. The third kappa shape index (κ3) is 2.90. The Kier molecular flexibility index (Phi) is 3.57. The summed E-state index contributed by atoms with van der Waals surface area (Å²) in [5.74, 6) is 0. The molecule has 64 valence electrons. The Morgan fingerprint density at radius 1 is 1.42 bits per heavy atom. The van der Waals surface area contributed by atoms with Crippen LogP contribution in [0.25, 0.3) is 0 Å². The summed E-state index contributed by atoms with van der Waals surface area (Å²) >= 11 is 5.66. The third-order valence-electron chi connectivity index (χ3n) is 1.28. The summed E-state index contributed by atoms with van der Waals surface area (Å²) in [6, 6.07) is 7.19. The minimum Gasteiger partial charge on any atom is -0.277 e. The van der Waals surface area contributed by atoms with Crippen LogP contribution in [0.2, 0.25) is 5.02 Å². The fraction of sp³-hybridized carbons (Fsp3) is 0.125. The summed E-state index contributed by atoms with van der Waals surface area (Å²) in [6.07, 6.45) is 0.482. The van der Waals surface area contributed by atoms with Gasteiger partial charge in [-0.25, -0.2) is 5.48 Å². The van der Waals surface area contributed by atoms with Crippen LogP contribution in [0.5, 0.6) is 0 Å². The number of hydrogen-bond donors (Lipinski definition) is 1. The van der Waals surface area contributed by atoms with Crippen LogP contribution in [0.4, 0.5) is 0 Å². The van der Waals surface area contributed by atoms with Crippen molar-refractivity contribution in [3.8, 4) is 0 Å². The predicted molar refractivity (Wildman–Crippen MR) is 45.4 cm³/mol. The van der Waals surface area contributed by atoms with Gasteiger partial charge in [0, 0.05) is 5.02 Å². The Morgan fingerprint density at radius 3 is 2.67 bits per heavy atom. The summed E-state index contributed by atoms with van der Waals surface area (Å²) in [4.78, 5) is 14.5. The molecule has 1 N–H and O–H groups in total. The first-order valence-electron chi connectivity index (χ1n) is 3.38. The molecule has 0 aliphatic heterocycles. The average molecular weight is 186 g/mol. The van der Waals surface area contributed by atoms with Crippen molar-refractivity contribution in [1.29, 1.82) is 0 Å². The van der Waals surface area contributed by atoms with E-state index >= 15 is 0 Å². The molecule has 0 aliphatic carbocycles. The second-order valence-electron chi connectivity index (χ2n) is 2.15. The highest BCUT2D eigenvalue weighted by atomic mass is 35.5. The molecule has 0 aromatic heterocycles. The first kappa shape index (κ1) is 9.03. The van der Waals surface area contributed by atoms with Crippen molar-refractivity contribution >= 4 is 18.0 Å². The summed E-state index contributed by atoms with van der Waals surface area (Å²) in [5, 5.41) is 0.682. The number of amides is 1. The van der Waals surface area contributed by atoms with Gasteiger partial charge < -0.3 is 0 Å². The van der Waals surface area contributed by atoms with Gasteiger partial charge in [-0.1, -0.05) is 23.7 Å². The van der Waals surface area contributed by atoms with Crippen LogP contribution in [0.1, 0.15) is 5.56 Å². The second kappa shape index (κ2) is 4.74. The molecule has 4 heteroatoms. The van der Waals surface area contributed by atoms with E-state index in [2.05, 4.69) is 5.48 Å².